The number of hydrogen-bond acceptors (Lipinski definition) is 3. The van der Waals surface area contributed by atoms with Gasteiger partial charge in [-0.15, -0.1) is 12.4 Å². The Kier molecular flexibility index (Phi) is 5.17. The average molecular weight is 250 g/mol. The summed E-state index contributed by atoms with van der Waals surface area (Å²) in [5, 5.41) is 0. The lowest BCUT2D eigenvalue weighted by molar-refractivity contribution is 0.112. The Labute approximate surface area is 106 Å². The lowest BCUT2D eigenvalue weighted by Crippen LogP contribution is -1.97. The van der Waals surface area contributed by atoms with E-state index in [0.29, 0.717) is 12.2 Å². The first kappa shape index (κ1) is 13.2. The molecule has 88 valence electrons. The normalized spacial score (nSPS) is 9.18. The van der Waals surface area contributed by atoms with Crippen LogP contribution in [0.15, 0.2) is 48.7 Å². The molecule has 0 aliphatic heterocycles. The maximum atomic E-state index is 10.4. The number of pyridine rings is 1. The monoisotopic (exact) mass is 249 g/mol. The lowest BCUT2D eigenvalue weighted by atomic mass is 10.2. The van der Waals surface area contributed by atoms with Gasteiger partial charge in [0, 0.05) is 11.8 Å². The van der Waals surface area contributed by atoms with Gasteiger partial charge in [-0.3, -0.25) is 9.78 Å². The third kappa shape index (κ3) is 3.89. The van der Waals surface area contributed by atoms with Crippen LogP contribution in [0.2, 0.25) is 0 Å². The molecule has 0 aliphatic rings. The average Bonchev–Trinajstić information content (AvgIpc) is 2.38. The number of nitrogens with zero attached hydrogens (tertiary/aromatic N) is 1. The minimum atomic E-state index is 0. The zero-order valence-corrected chi connectivity index (χ0v) is 9.89. The summed E-state index contributed by atoms with van der Waals surface area (Å²) >= 11 is 0. The summed E-state index contributed by atoms with van der Waals surface area (Å²) < 4.78 is 5.51. The lowest BCUT2D eigenvalue weighted by Gasteiger charge is -2.05. The molecule has 0 aliphatic carbocycles. The smallest absolute Gasteiger partial charge is 0.150 e. The van der Waals surface area contributed by atoms with Crippen LogP contribution in [0.5, 0.6) is 5.75 Å². The highest BCUT2D eigenvalue weighted by atomic mass is 35.5. The molecule has 17 heavy (non-hydrogen) atoms. The van der Waals surface area contributed by atoms with Gasteiger partial charge >= 0.3 is 0 Å². The van der Waals surface area contributed by atoms with Crippen LogP contribution in [0.4, 0.5) is 0 Å². The number of halogens is 1. The van der Waals surface area contributed by atoms with Crippen LogP contribution in [-0.2, 0) is 6.61 Å². The van der Waals surface area contributed by atoms with E-state index in [1.165, 1.54) is 0 Å². The number of ether oxygens (including phenoxy) is 1. The maximum absolute atomic E-state index is 10.4. The van der Waals surface area contributed by atoms with Crippen molar-refractivity contribution in [1.29, 1.82) is 0 Å². The van der Waals surface area contributed by atoms with Gasteiger partial charge in [-0.1, -0.05) is 6.07 Å². The van der Waals surface area contributed by atoms with E-state index in [4.69, 9.17) is 4.74 Å². The first-order valence-corrected chi connectivity index (χ1v) is 4.96. The van der Waals surface area contributed by atoms with Gasteiger partial charge in [-0.25, -0.2) is 0 Å². The molecule has 0 spiro atoms. The van der Waals surface area contributed by atoms with Gasteiger partial charge in [-0.2, -0.15) is 0 Å². The van der Waals surface area contributed by atoms with Gasteiger partial charge in [-0.05, 0) is 36.4 Å². The van der Waals surface area contributed by atoms with Crippen LogP contribution in [-0.4, -0.2) is 11.3 Å². The van der Waals surface area contributed by atoms with E-state index < -0.39 is 0 Å². The second kappa shape index (κ2) is 6.66. The summed E-state index contributed by atoms with van der Waals surface area (Å²) in [4.78, 5) is 14.6. The van der Waals surface area contributed by atoms with Crippen LogP contribution >= 0.6 is 12.4 Å². The Morgan fingerprint density at radius 2 is 1.88 bits per heavy atom. The van der Waals surface area contributed by atoms with Crippen LogP contribution in [0.25, 0.3) is 0 Å². The summed E-state index contributed by atoms with van der Waals surface area (Å²) in [7, 11) is 0. The van der Waals surface area contributed by atoms with E-state index in [1.807, 2.05) is 18.2 Å². The fourth-order valence-corrected chi connectivity index (χ4v) is 1.28. The highest BCUT2D eigenvalue weighted by Crippen LogP contribution is 2.12. The highest BCUT2D eigenvalue weighted by Gasteiger charge is 1.96. The van der Waals surface area contributed by atoms with E-state index in [1.54, 1.807) is 30.5 Å². The third-order valence-corrected chi connectivity index (χ3v) is 2.13. The summed E-state index contributed by atoms with van der Waals surface area (Å²) in [6.07, 6.45) is 2.54. The minimum absolute atomic E-state index is 0. The Morgan fingerprint density at radius 1 is 1.12 bits per heavy atom. The molecule has 1 heterocycles. The molecule has 0 bridgehead atoms. The van der Waals surface area contributed by atoms with Crippen molar-refractivity contribution in [1.82, 2.24) is 4.98 Å². The minimum Gasteiger partial charge on any atom is -0.487 e. The Morgan fingerprint density at radius 3 is 2.47 bits per heavy atom. The zero-order chi connectivity index (χ0) is 11.2. The van der Waals surface area contributed by atoms with Crippen molar-refractivity contribution in [3.8, 4) is 5.75 Å². The van der Waals surface area contributed by atoms with Crippen molar-refractivity contribution in [2.75, 3.05) is 0 Å². The molecule has 1 aromatic heterocycles. The molecule has 4 heteroatoms. The van der Waals surface area contributed by atoms with E-state index >= 15 is 0 Å². The fraction of sp³-hybridized carbons (Fsp3) is 0.0769. The maximum Gasteiger partial charge on any atom is 0.150 e. The van der Waals surface area contributed by atoms with Crippen molar-refractivity contribution >= 4 is 18.7 Å². The van der Waals surface area contributed by atoms with Gasteiger partial charge in [0.1, 0.15) is 18.6 Å². The number of carbonyl (C=O) groups is 1. The molecular formula is C13H12ClNO2. The molecule has 1 aromatic carbocycles. The number of aldehydes is 1. The van der Waals surface area contributed by atoms with Gasteiger partial charge < -0.3 is 4.74 Å². The number of aromatic nitrogens is 1. The summed E-state index contributed by atoms with van der Waals surface area (Å²) in [5.41, 5.74) is 1.52. The summed E-state index contributed by atoms with van der Waals surface area (Å²) in [6.45, 7) is 0.432. The van der Waals surface area contributed by atoms with Crippen LogP contribution < -0.4 is 4.74 Å². The molecule has 2 rings (SSSR count). The Bertz CT molecular complexity index is 457. The predicted octanol–water partition coefficient (Wildman–Crippen LogP) is 2.89. The number of benzene rings is 1. The van der Waals surface area contributed by atoms with Crippen molar-refractivity contribution < 1.29 is 9.53 Å². The van der Waals surface area contributed by atoms with E-state index in [0.717, 1.165) is 17.7 Å². The Hall–Kier alpha value is -1.87. The van der Waals surface area contributed by atoms with Crippen LogP contribution in [0, 0.1) is 0 Å². The van der Waals surface area contributed by atoms with Crippen molar-refractivity contribution in [3.63, 3.8) is 0 Å². The SMILES string of the molecule is Cl.O=Cc1ccc(OCc2ccccn2)cc1. The first-order chi connectivity index (χ1) is 7.88. The summed E-state index contributed by atoms with van der Waals surface area (Å²) in [6, 6.07) is 12.7. The van der Waals surface area contributed by atoms with Gasteiger partial charge in [0.15, 0.2) is 0 Å². The van der Waals surface area contributed by atoms with Crippen molar-refractivity contribution in [3.05, 3.63) is 59.9 Å². The molecule has 0 amide bonds. The molecule has 0 atom stereocenters. The van der Waals surface area contributed by atoms with Crippen LogP contribution in [0.1, 0.15) is 16.1 Å². The molecule has 0 radical (unpaired) electrons. The molecule has 2 aromatic rings. The zero-order valence-electron chi connectivity index (χ0n) is 9.08. The molecule has 0 unspecified atom stereocenters. The summed E-state index contributed by atoms with van der Waals surface area (Å²) in [5.74, 6) is 0.733. The number of carbonyl (C=O) groups excluding carboxylic acids is 1. The molecule has 3 nitrogen and oxygen atoms in total. The van der Waals surface area contributed by atoms with Crippen LogP contribution in [0.3, 0.4) is 0 Å². The standard InChI is InChI=1S/C13H11NO2.ClH/c15-9-11-4-6-13(7-5-11)16-10-12-3-1-2-8-14-12;/h1-9H,10H2;1H. The van der Waals surface area contributed by atoms with Gasteiger partial charge in [0.25, 0.3) is 0 Å². The van der Waals surface area contributed by atoms with E-state index in [-0.39, 0.29) is 12.4 Å². The molecular weight excluding hydrogens is 238 g/mol. The number of rotatable bonds is 4. The predicted molar refractivity (Wildman–Crippen MR) is 67.6 cm³/mol. The van der Waals surface area contributed by atoms with E-state index in [2.05, 4.69) is 4.98 Å². The van der Waals surface area contributed by atoms with Crippen molar-refractivity contribution in [2.24, 2.45) is 0 Å². The number of hydrogen-bond donors (Lipinski definition) is 0. The Balaban J connectivity index is 0.00000144. The van der Waals surface area contributed by atoms with Gasteiger partial charge in [0.05, 0.1) is 5.69 Å². The van der Waals surface area contributed by atoms with Crippen molar-refractivity contribution in [2.45, 2.75) is 6.61 Å². The van der Waals surface area contributed by atoms with E-state index in [9.17, 15) is 4.79 Å². The molecule has 0 N–H and O–H groups in total. The first-order valence-electron chi connectivity index (χ1n) is 4.96. The molecule has 0 saturated carbocycles. The highest BCUT2D eigenvalue weighted by molar-refractivity contribution is 5.85. The topological polar surface area (TPSA) is 39.2 Å². The van der Waals surface area contributed by atoms with Gasteiger partial charge in [0.2, 0.25) is 0 Å². The third-order valence-electron chi connectivity index (χ3n) is 2.13. The largest absolute Gasteiger partial charge is 0.487 e. The second-order valence-corrected chi connectivity index (χ2v) is 3.30. The quantitative estimate of drug-likeness (QED) is 0.782. The molecule has 0 saturated heterocycles. The second-order valence-electron chi connectivity index (χ2n) is 3.30. The fourth-order valence-electron chi connectivity index (χ4n) is 1.28. The molecule has 0 fully saturated rings.